The summed E-state index contributed by atoms with van der Waals surface area (Å²) in [6.07, 6.45) is 1.89. The van der Waals surface area contributed by atoms with Crippen LogP contribution in [0, 0.1) is 0 Å². The first kappa shape index (κ1) is 10.5. The predicted octanol–water partition coefficient (Wildman–Crippen LogP) is -0.633. The number of carbonyl (C=O) groups excluding carboxylic acids is 3. The molecular weight excluding hydrogens is 216 g/mol. The Kier molecular flexibility index (Phi) is 2.95. The van der Waals surface area contributed by atoms with E-state index >= 15 is 0 Å². The van der Waals surface area contributed by atoms with Crippen LogP contribution in [0.25, 0.3) is 0 Å². The summed E-state index contributed by atoms with van der Waals surface area (Å²) >= 11 is 1.61. The van der Waals surface area contributed by atoms with Crippen LogP contribution in [0.15, 0.2) is 0 Å². The zero-order valence-electron chi connectivity index (χ0n) is 8.19. The van der Waals surface area contributed by atoms with Gasteiger partial charge in [0.2, 0.25) is 17.7 Å². The molecule has 2 aliphatic heterocycles. The first-order chi connectivity index (χ1) is 7.16. The number of piperazine rings is 1. The zero-order valence-corrected chi connectivity index (χ0v) is 9.01. The molecule has 1 atom stereocenters. The van der Waals surface area contributed by atoms with E-state index in [0.29, 0.717) is 0 Å². The Labute approximate surface area is 91.6 Å². The highest BCUT2D eigenvalue weighted by Crippen LogP contribution is 2.27. The third-order valence-corrected chi connectivity index (χ3v) is 3.83. The molecule has 2 fully saturated rings. The second-order valence-corrected chi connectivity index (χ2v) is 4.98. The summed E-state index contributed by atoms with van der Waals surface area (Å²) in [7, 11) is 0. The standard InChI is InChI=1S/C9H12N2O3S/c12-7-4-11(5-8(13)10-7)9(14)6-2-1-3-15-6/h6H,1-5H2,(H,10,12,13). The van der Waals surface area contributed by atoms with Crippen molar-refractivity contribution in [2.24, 2.45) is 0 Å². The molecule has 0 saturated carbocycles. The Morgan fingerprint density at radius 3 is 2.53 bits per heavy atom. The number of hydrogen-bond acceptors (Lipinski definition) is 4. The fraction of sp³-hybridized carbons (Fsp3) is 0.667. The van der Waals surface area contributed by atoms with Crippen molar-refractivity contribution in [3.63, 3.8) is 0 Å². The van der Waals surface area contributed by atoms with Gasteiger partial charge < -0.3 is 4.90 Å². The average Bonchev–Trinajstić information content (AvgIpc) is 2.67. The minimum absolute atomic E-state index is 0.0155. The normalized spacial score (nSPS) is 26.7. The van der Waals surface area contributed by atoms with Crippen molar-refractivity contribution >= 4 is 29.5 Å². The Balaban J connectivity index is 1.99. The van der Waals surface area contributed by atoms with Crippen LogP contribution in [-0.4, -0.2) is 46.7 Å². The zero-order chi connectivity index (χ0) is 10.8. The van der Waals surface area contributed by atoms with Gasteiger partial charge >= 0.3 is 0 Å². The number of amides is 3. The molecule has 0 radical (unpaired) electrons. The van der Waals surface area contributed by atoms with Crippen molar-refractivity contribution < 1.29 is 14.4 Å². The molecule has 0 bridgehead atoms. The van der Waals surface area contributed by atoms with E-state index < -0.39 is 0 Å². The summed E-state index contributed by atoms with van der Waals surface area (Å²) in [5.41, 5.74) is 0. The second kappa shape index (κ2) is 4.22. The summed E-state index contributed by atoms with van der Waals surface area (Å²) in [6, 6.07) is 0. The van der Waals surface area contributed by atoms with Crippen LogP contribution in [0.2, 0.25) is 0 Å². The summed E-state index contributed by atoms with van der Waals surface area (Å²) in [5, 5.41) is 2.12. The lowest BCUT2D eigenvalue weighted by molar-refractivity contribution is -0.145. The molecule has 2 heterocycles. The molecule has 15 heavy (non-hydrogen) atoms. The second-order valence-electron chi connectivity index (χ2n) is 3.67. The molecule has 5 nitrogen and oxygen atoms in total. The highest BCUT2D eigenvalue weighted by molar-refractivity contribution is 8.00. The molecule has 6 heteroatoms. The minimum atomic E-state index is -0.386. The summed E-state index contributed by atoms with van der Waals surface area (Å²) in [5.74, 6) is 0.149. The number of rotatable bonds is 1. The van der Waals surface area contributed by atoms with Crippen LogP contribution in [0.4, 0.5) is 0 Å². The molecule has 2 aliphatic rings. The first-order valence-corrected chi connectivity index (χ1v) is 5.95. The van der Waals surface area contributed by atoms with Crippen LogP contribution >= 0.6 is 11.8 Å². The SMILES string of the molecule is O=C1CN(C(=O)C2CCCS2)CC(=O)N1. The van der Waals surface area contributed by atoms with Crippen LogP contribution < -0.4 is 5.32 Å². The summed E-state index contributed by atoms with van der Waals surface area (Å²) in [4.78, 5) is 35.4. The van der Waals surface area contributed by atoms with E-state index in [1.807, 2.05) is 0 Å². The van der Waals surface area contributed by atoms with Crippen molar-refractivity contribution in [3.8, 4) is 0 Å². The van der Waals surface area contributed by atoms with Gasteiger partial charge in [0.1, 0.15) is 13.1 Å². The topological polar surface area (TPSA) is 66.5 Å². The van der Waals surface area contributed by atoms with Crippen molar-refractivity contribution in [2.75, 3.05) is 18.8 Å². The molecule has 2 saturated heterocycles. The molecule has 0 aromatic heterocycles. The highest BCUT2D eigenvalue weighted by atomic mass is 32.2. The van der Waals surface area contributed by atoms with Crippen molar-refractivity contribution in [1.82, 2.24) is 10.2 Å². The molecule has 0 aromatic rings. The van der Waals surface area contributed by atoms with E-state index in [0.717, 1.165) is 18.6 Å². The van der Waals surface area contributed by atoms with E-state index in [-0.39, 0.29) is 36.1 Å². The van der Waals surface area contributed by atoms with Crippen molar-refractivity contribution in [3.05, 3.63) is 0 Å². The highest BCUT2D eigenvalue weighted by Gasteiger charge is 2.32. The summed E-state index contributed by atoms with van der Waals surface area (Å²) < 4.78 is 0. The van der Waals surface area contributed by atoms with E-state index in [1.54, 1.807) is 11.8 Å². The lowest BCUT2D eigenvalue weighted by atomic mass is 10.2. The fourth-order valence-electron chi connectivity index (χ4n) is 1.77. The van der Waals surface area contributed by atoms with Gasteiger partial charge in [-0.3, -0.25) is 19.7 Å². The number of carbonyl (C=O) groups is 3. The van der Waals surface area contributed by atoms with Gasteiger partial charge in [-0.15, -0.1) is 11.8 Å². The maximum absolute atomic E-state index is 11.9. The molecule has 0 aliphatic carbocycles. The quantitative estimate of drug-likeness (QED) is 0.607. The first-order valence-electron chi connectivity index (χ1n) is 4.90. The maximum atomic E-state index is 11.9. The van der Waals surface area contributed by atoms with Gasteiger partial charge in [0.15, 0.2) is 0 Å². The van der Waals surface area contributed by atoms with Gasteiger partial charge in [0.25, 0.3) is 0 Å². The number of nitrogens with zero attached hydrogens (tertiary/aromatic N) is 1. The molecule has 2 rings (SSSR count). The number of thioether (sulfide) groups is 1. The van der Waals surface area contributed by atoms with Gasteiger partial charge in [-0.1, -0.05) is 0 Å². The van der Waals surface area contributed by atoms with Gasteiger partial charge in [0, 0.05) is 0 Å². The third-order valence-electron chi connectivity index (χ3n) is 2.46. The van der Waals surface area contributed by atoms with Crippen LogP contribution in [0.3, 0.4) is 0 Å². The Bertz CT molecular complexity index is 296. The Morgan fingerprint density at radius 2 is 2.00 bits per heavy atom. The molecular formula is C9H12N2O3S. The molecule has 1 N–H and O–H groups in total. The predicted molar refractivity (Wildman–Crippen MR) is 55.2 cm³/mol. The van der Waals surface area contributed by atoms with Gasteiger partial charge in [-0.25, -0.2) is 0 Å². The fourth-order valence-corrected chi connectivity index (χ4v) is 3.01. The van der Waals surface area contributed by atoms with E-state index in [4.69, 9.17) is 0 Å². The molecule has 0 aromatic carbocycles. The molecule has 82 valence electrons. The van der Waals surface area contributed by atoms with Gasteiger partial charge in [-0.2, -0.15) is 0 Å². The van der Waals surface area contributed by atoms with Crippen molar-refractivity contribution in [2.45, 2.75) is 18.1 Å². The average molecular weight is 228 g/mol. The smallest absolute Gasteiger partial charge is 0.246 e. The number of hydrogen-bond donors (Lipinski definition) is 1. The molecule has 0 spiro atoms. The third kappa shape index (κ3) is 2.31. The van der Waals surface area contributed by atoms with Gasteiger partial charge in [-0.05, 0) is 18.6 Å². The lowest BCUT2D eigenvalue weighted by Gasteiger charge is -2.27. The van der Waals surface area contributed by atoms with E-state index in [2.05, 4.69) is 5.32 Å². The Morgan fingerprint density at radius 1 is 1.33 bits per heavy atom. The largest absolute Gasteiger partial charge is 0.323 e. The van der Waals surface area contributed by atoms with Gasteiger partial charge in [0.05, 0.1) is 5.25 Å². The number of imide groups is 1. The molecule has 3 amide bonds. The minimum Gasteiger partial charge on any atom is -0.323 e. The maximum Gasteiger partial charge on any atom is 0.246 e. The van der Waals surface area contributed by atoms with E-state index in [1.165, 1.54) is 4.90 Å². The van der Waals surface area contributed by atoms with Crippen molar-refractivity contribution in [1.29, 1.82) is 0 Å². The monoisotopic (exact) mass is 228 g/mol. The number of nitrogens with one attached hydrogen (secondary N) is 1. The summed E-state index contributed by atoms with van der Waals surface area (Å²) in [6.45, 7) is 0.0310. The van der Waals surface area contributed by atoms with Crippen LogP contribution in [-0.2, 0) is 14.4 Å². The Hall–Kier alpha value is -1.04. The lowest BCUT2D eigenvalue weighted by Crippen LogP contribution is -2.54. The van der Waals surface area contributed by atoms with Crippen LogP contribution in [0.1, 0.15) is 12.8 Å². The van der Waals surface area contributed by atoms with E-state index in [9.17, 15) is 14.4 Å². The van der Waals surface area contributed by atoms with Crippen LogP contribution in [0.5, 0.6) is 0 Å². The molecule has 1 unspecified atom stereocenters.